The average Bonchev–Trinajstić information content (AvgIpc) is 3.29. The van der Waals surface area contributed by atoms with Crippen LogP contribution in [0.4, 0.5) is 0 Å². The molecule has 1 aromatic rings. The maximum atomic E-state index is 10.6. The highest BCUT2D eigenvalue weighted by Gasteiger charge is 2.43. The van der Waals surface area contributed by atoms with E-state index in [1.165, 1.54) is 62.4 Å². The molecule has 0 radical (unpaired) electrons. The highest BCUT2D eigenvalue weighted by Crippen LogP contribution is 2.48. The Hall–Kier alpha value is -1.07. The molecule has 3 nitrogen and oxygen atoms in total. The molecule has 4 heteroatoms. The van der Waals surface area contributed by atoms with Crippen LogP contribution >= 0.6 is 11.8 Å². The van der Waals surface area contributed by atoms with Crippen LogP contribution in [0, 0.1) is 24.7 Å². The Kier molecular flexibility index (Phi) is 8.93. The van der Waals surface area contributed by atoms with E-state index in [1.807, 2.05) is 12.1 Å². The zero-order valence-corrected chi connectivity index (χ0v) is 20.5. The van der Waals surface area contributed by atoms with Crippen molar-refractivity contribution >= 4 is 11.8 Å². The first kappa shape index (κ1) is 24.1. The van der Waals surface area contributed by atoms with Gasteiger partial charge < -0.3 is 15.1 Å². The van der Waals surface area contributed by atoms with Gasteiger partial charge in [0.05, 0.1) is 12.2 Å². The Morgan fingerprint density at radius 2 is 2.03 bits per heavy atom. The zero-order valence-electron chi connectivity index (χ0n) is 19.7. The Morgan fingerprint density at radius 1 is 1.19 bits per heavy atom. The lowest BCUT2D eigenvalue weighted by atomic mass is 9.88. The molecule has 2 fully saturated rings. The van der Waals surface area contributed by atoms with Gasteiger partial charge in [0.1, 0.15) is 0 Å². The van der Waals surface area contributed by atoms with Crippen molar-refractivity contribution in [3.63, 3.8) is 0 Å². The van der Waals surface area contributed by atoms with Crippen LogP contribution in [0.15, 0.2) is 48.1 Å². The van der Waals surface area contributed by atoms with Crippen LogP contribution < -0.4 is 0 Å². The number of benzene rings is 1. The maximum absolute atomic E-state index is 10.6. The Bertz CT molecular complexity index is 785. The molecule has 2 N–H and O–H groups in total. The molecule has 32 heavy (non-hydrogen) atoms. The quantitative estimate of drug-likeness (QED) is 0.385. The van der Waals surface area contributed by atoms with E-state index in [1.54, 1.807) is 5.57 Å². The van der Waals surface area contributed by atoms with Crippen molar-refractivity contribution in [1.82, 2.24) is 4.90 Å². The maximum Gasteiger partial charge on any atom is 0.0761 e. The van der Waals surface area contributed by atoms with Crippen molar-refractivity contribution < 1.29 is 10.2 Å². The van der Waals surface area contributed by atoms with Crippen molar-refractivity contribution in [3.8, 4) is 0 Å². The largest absolute Gasteiger partial charge is 0.392 e. The van der Waals surface area contributed by atoms with Gasteiger partial charge in [-0.3, -0.25) is 0 Å². The highest BCUT2D eigenvalue weighted by atomic mass is 32.2. The number of nitrogens with zero attached hydrogens (tertiary/aromatic N) is 1. The fraction of sp³-hybridized carbons (Fsp3) is 0.643. The van der Waals surface area contributed by atoms with Gasteiger partial charge in [0.2, 0.25) is 0 Å². The lowest BCUT2D eigenvalue weighted by molar-refractivity contribution is 0.140. The number of likely N-dealkylation sites (tertiary alicyclic amines) is 1. The third-order valence-electron chi connectivity index (χ3n) is 7.60. The lowest BCUT2D eigenvalue weighted by Gasteiger charge is -2.26. The summed E-state index contributed by atoms with van der Waals surface area (Å²) in [6, 6.07) is 8.33. The summed E-state index contributed by atoms with van der Waals surface area (Å²) in [5.74, 6) is 3.68. The third-order valence-corrected chi connectivity index (χ3v) is 8.56. The van der Waals surface area contributed by atoms with Gasteiger partial charge in [0.15, 0.2) is 0 Å². The van der Waals surface area contributed by atoms with E-state index >= 15 is 0 Å². The molecule has 3 aliphatic rings. The first-order valence-corrected chi connectivity index (χ1v) is 13.8. The molecular formula is C28H41NO2S. The van der Waals surface area contributed by atoms with Gasteiger partial charge in [0.25, 0.3) is 0 Å². The number of aryl methyl sites for hydroxylation is 1. The fourth-order valence-corrected chi connectivity index (χ4v) is 6.88. The summed E-state index contributed by atoms with van der Waals surface area (Å²) >= 11 is 2.10. The number of rotatable bonds is 10. The van der Waals surface area contributed by atoms with Gasteiger partial charge in [-0.15, -0.1) is 0 Å². The summed E-state index contributed by atoms with van der Waals surface area (Å²) in [5.41, 5.74) is 3.98. The SMILES string of the molecule is Cc1cccc(C[C@@H](O)C=C[C@@H]2[C@H]3CC(CCSCCN4CCCCC4)=C[C@H]3C[C@H]2O)c1. The standard InChI is InChI=1S/C28H41NO2S/c1-21-6-5-7-22(16-21)18-25(30)8-9-26-27-19-23(17-24(27)20-28(26)31)10-14-32-15-13-29-11-3-2-4-12-29/h5-9,16-17,24-28,30-31H,2-4,10-15,18-20H2,1H3/t24-,25-,26+,27-,28+/m0/s1. The molecule has 1 aliphatic heterocycles. The molecule has 4 rings (SSSR count). The van der Waals surface area contributed by atoms with Gasteiger partial charge in [-0.25, -0.2) is 0 Å². The van der Waals surface area contributed by atoms with Crippen molar-refractivity contribution in [1.29, 1.82) is 0 Å². The summed E-state index contributed by atoms with van der Waals surface area (Å²) in [6.07, 6.45) is 13.7. The second-order valence-corrected chi connectivity index (χ2v) is 11.4. The number of fused-ring (bicyclic) bond motifs is 1. The van der Waals surface area contributed by atoms with E-state index < -0.39 is 6.10 Å². The van der Waals surface area contributed by atoms with Crippen LogP contribution in [0.1, 0.15) is 49.7 Å². The van der Waals surface area contributed by atoms with E-state index in [0.717, 1.165) is 18.4 Å². The first-order chi connectivity index (χ1) is 15.6. The molecule has 0 unspecified atom stereocenters. The summed E-state index contributed by atoms with van der Waals surface area (Å²) in [4.78, 5) is 2.63. The monoisotopic (exact) mass is 455 g/mol. The molecule has 1 aromatic carbocycles. The second kappa shape index (κ2) is 11.9. The minimum absolute atomic E-state index is 0.174. The number of aliphatic hydroxyl groups is 2. The van der Waals surface area contributed by atoms with Gasteiger partial charge >= 0.3 is 0 Å². The van der Waals surface area contributed by atoms with Crippen molar-refractivity contribution in [3.05, 3.63) is 59.2 Å². The number of thioether (sulfide) groups is 1. The third kappa shape index (κ3) is 6.72. The van der Waals surface area contributed by atoms with Gasteiger partial charge in [-0.1, -0.05) is 60.1 Å². The Labute approximate surface area is 199 Å². The number of piperidine rings is 1. The molecule has 176 valence electrons. The van der Waals surface area contributed by atoms with Crippen LogP contribution in [-0.4, -0.2) is 58.5 Å². The molecular weight excluding hydrogens is 414 g/mol. The van der Waals surface area contributed by atoms with Gasteiger partial charge in [-0.05, 0) is 75.3 Å². The minimum atomic E-state index is -0.492. The second-order valence-electron chi connectivity index (χ2n) is 10.1. The molecule has 0 spiro atoms. The smallest absolute Gasteiger partial charge is 0.0761 e. The molecule has 5 atom stereocenters. The zero-order chi connectivity index (χ0) is 22.3. The predicted molar refractivity (Wildman–Crippen MR) is 136 cm³/mol. The van der Waals surface area contributed by atoms with E-state index in [9.17, 15) is 10.2 Å². The molecule has 0 bridgehead atoms. The van der Waals surface area contributed by atoms with Crippen molar-refractivity contribution in [2.75, 3.05) is 31.1 Å². The number of allylic oxidation sites excluding steroid dienone is 2. The van der Waals surface area contributed by atoms with E-state index in [-0.39, 0.29) is 12.0 Å². The summed E-state index contributed by atoms with van der Waals surface area (Å²) in [5, 5.41) is 21.1. The van der Waals surface area contributed by atoms with Gasteiger partial charge in [-0.2, -0.15) is 11.8 Å². The average molecular weight is 456 g/mol. The van der Waals surface area contributed by atoms with E-state index in [2.05, 4.69) is 53.9 Å². The summed E-state index contributed by atoms with van der Waals surface area (Å²) < 4.78 is 0. The van der Waals surface area contributed by atoms with Crippen LogP contribution in [0.3, 0.4) is 0 Å². The fourth-order valence-electron chi connectivity index (χ4n) is 5.88. The van der Waals surface area contributed by atoms with Crippen molar-refractivity contribution in [2.45, 2.75) is 64.1 Å². The highest BCUT2D eigenvalue weighted by molar-refractivity contribution is 7.99. The Morgan fingerprint density at radius 3 is 2.84 bits per heavy atom. The number of hydrogen-bond acceptors (Lipinski definition) is 4. The van der Waals surface area contributed by atoms with E-state index in [0.29, 0.717) is 18.3 Å². The summed E-state index contributed by atoms with van der Waals surface area (Å²) in [6.45, 7) is 5.93. The lowest BCUT2D eigenvalue weighted by Crippen LogP contribution is -2.31. The predicted octanol–water partition coefficient (Wildman–Crippen LogP) is 5.01. The van der Waals surface area contributed by atoms with Crippen LogP contribution in [-0.2, 0) is 6.42 Å². The molecule has 1 saturated heterocycles. The molecule has 1 heterocycles. The topological polar surface area (TPSA) is 43.7 Å². The van der Waals surface area contributed by atoms with Crippen LogP contribution in [0.5, 0.6) is 0 Å². The number of aliphatic hydroxyl groups excluding tert-OH is 2. The van der Waals surface area contributed by atoms with Crippen molar-refractivity contribution in [2.24, 2.45) is 17.8 Å². The summed E-state index contributed by atoms with van der Waals surface area (Å²) in [7, 11) is 0. The molecule has 0 amide bonds. The molecule has 1 saturated carbocycles. The normalized spacial score (nSPS) is 29.4. The molecule has 2 aliphatic carbocycles. The van der Waals surface area contributed by atoms with E-state index in [4.69, 9.17) is 0 Å². The van der Waals surface area contributed by atoms with Crippen LogP contribution in [0.25, 0.3) is 0 Å². The minimum Gasteiger partial charge on any atom is -0.392 e. The molecule has 0 aromatic heterocycles. The number of hydrogen-bond donors (Lipinski definition) is 2. The Balaban J connectivity index is 1.19. The van der Waals surface area contributed by atoms with Crippen LogP contribution in [0.2, 0.25) is 0 Å². The first-order valence-electron chi connectivity index (χ1n) is 12.7. The van der Waals surface area contributed by atoms with Gasteiger partial charge in [0, 0.05) is 24.6 Å².